The van der Waals surface area contributed by atoms with Crippen LogP contribution in [0.25, 0.3) is 10.9 Å². The van der Waals surface area contributed by atoms with E-state index in [1.165, 1.54) is 0 Å². The molecule has 2 rings (SSSR count). The minimum absolute atomic E-state index is 0.389. The number of nitrogens with zero attached hydrogens (tertiary/aromatic N) is 1. The van der Waals surface area contributed by atoms with Crippen LogP contribution in [0.4, 0.5) is 0 Å². The molecular weight excluding hydrogens is 172 g/mol. The van der Waals surface area contributed by atoms with Crippen LogP contribution < -0.4 is 5.73 Å². The molecule has 0 bridgehead atoms. The SMILES string of the molecule is NCC#Cc1ccc2cccnc2c1. The fourth-order valence-corrected chi connectivity index (χ4v) is 1.30. The van der Waals surface area contributed by atoms with Crippen molar-refractivity contribution in [2.24, 2.45) is 5.73 Å². The normalized spacial score (nSPS) is 9.50. The first-order valence-corrected chi connectivity index (χ1v) is 4.44. The van der Waals surface area contributed by atoms with Crippen LogP contribution in [0.3, 0.4) is 0 Å². The highest BCUT2D eigenvalue weighted by molar-refractivity contribution is 5.79. The molecule has 0 aliphatic carbocycles. The summed E-state index contributed by atoms with van der Waals surface area (Å²) < 4.78 is 0. The van der Waals surface area contributed by atoms with Gasteiger partial charge in [0.2, 0.25) is 0 Å². The van der Waals surface area contributed by atoms with Crippen molar-refractivity contribution < 1.29 is 0 Å². The maximum atomic E-state index is 5.30. The Morgan fingerprint density at radius 2 is 2.21 bits per heavy atom. The van der Waals surface area contributed by atoms with Crippen LogP contribution in [0.5, 0.6) is 0 Å². The first-order chi connectivity index (χ1) is 6.90. The first kappa shape index (κ1) is 8.74. The van der Waals surface area contributed by atoms with E-state index in [0.29, 0.717) is 6.54 Å². The number of benzene rings is 1. The molecule has 2 aromatic rings. The van der Waals surface area contributed by atoms with E-state index in [9.17, 15) is 0 Å². The predicted molar refractivity (Wildman–Crippen MR) is 57.7 cm³/mol. The lowest BCUT2D eigenvalue weighted by atomic mass is 10.1. The van der Waals surface area contributed by atoms with Crippen molar-refractivity contribution in [3.63, 3.8) is 0 Å². The van der Waals surface area contributed by atoms with Crippen LogP contribution in [0, 0.1) is 11.8 Å². The standard InChI is InChI=1S/C12H10N2/c13-7-1-3-10-5-6-11-4-2-8-14-12(11)9-10/h2,4-6,8-9H,7,13H2. The Hall–Kier alpha value is -1.85. The van der Waals surface area contributed by atoms with E-state index in [-0.39, 0.29) is 0 Å². The number of nitrogens with two attached hydrogens (primary N) is 1. The second-order valence-corrected chi connectivity index (χ2v) is 2.92. The Labute approximate surface area is 82.8 Å². The third kappa shape index (κ3) is 1.73. The van der Waals surface area contributed by atoms with Gasteiger partial charge in [0, 0.05) is 17.1 Å². The van der Waals surface area contributed by atoms with Crippen molar-refractivity contribution in [2.45, 2.75) is 0 Å². The van der Waals surface area contributed by atoms with E-state index < -0.39 is 0 Å². The number of aromatic nitrogens is 1. The topological polar surface area (TPSA) is 38.9 Å². The smallest absolute Gasteiger partial charge is 0.0714 e. The molecule has 2 N–H and O–H groups in total. The molecule has 1 heterocycles. The quantitative estimate of drug-likeness (QED) is 0.628. The number of rotatable bonds is 0. The molecule has 2 nitrogen and oxygen atoms in total. The van der Waals surface area contributed by atoms with Gasteiger partial charge in [-0.3, -0.25) is 4.98 Å². The van der Waals surface area contributed by atoms with Crippen LogP contribution in [0.1, 0.15) is 5.56 Å². The Balaban J connectivity index is 2.51. The largest absolute Gasteiger partial charge is 0.320 e. The fourth-order valence-electron chi connectivity index (χ4n) is 1.30. The molecule has 0 atom stereocenters. The summed E-state index contributed by atoms with van der Waals surface area (Å²) in [4.78, 5) is 4.25. The van der Waals surface area contributed by atoms with E-state index in [1.54, 1.807) is 6.20 Å². The molecule has 1 aromatic carbocycles. The molecule has 14 heavy (non-hydrogen) atoms. The van der Waals surface area contributed by atoms with Crippen molar-refractivity contribution in [3.8, 4) is 11.8 Å². The van der Waals surface area contributed by atoms with Gasteiger partial charge in [-0.2, -0.15) is 0 Å². The Kier molecular flexibility index (Phi) is 2.44. The van der Waals surface area contributed by atoms with Crippen molar-refractivity contribution in [3.05, 3.63) is 42.1 Å². The third-order valence-electron chi connectivity index (χ3n) is 1.94. The zero-order chi connectivity index (χ0) is 9.80. The highest BCUT2D eigenvalue weighted by Gasteiger charge is 1.93. The molecule has 0 radical (unpaired) electrons. The van der Waals surface area contributed by atoms with E-state index >= 15 is 0 Å². The average Bonchev–Trinajstić information content (AvgIpc) is 2.26. The Bertz CT molecular complexity index is 506. The molecule has 68 valence electrons. The van der Waals surface area contributed by atoms with Crippen LogP contribution in [-0.4, -0.2) is 11.5 Å². The van der Waals surface area contributed by atoms with Crippen LogP contribution in [-0.2, 0) is 0 Å². The van der Waals surface area contributed by atoms with Gasteiger partial charge in [-0.25, -0.2) is 0 Å². The lowest BCUT2D eigenvalue weighted by molar-refractivity contribution is 1.30. The lowest BCUT2D eigenvalue weighted by Gasteiger charge is -1.95. The summed E-state index contributed by atoms with van der Waals surface area (Å²) in [5.41, 5.74) is 7.23. The van der Waals surface area contributed by atoms with Crippen molar-refractivity contribution in [1.82, 2.24) is 4.98 Å². The van der Waals surface area contributed by atoms with Gasteiger partial charge in [-0.05, 0) is 18.2 Å². The second-order valence-electron chi connectivity index (χ2n) is 2.92. The van der Waals surface area contributed by atoms with Gasteiger partial charge in [0.1, 0.15) is 0 Å². The number of fused-ring (bicyclic) bond motifs is 1. The van der Waals surface area contributed by atoms with Crippen LogP contribution >= 0.6 is 0 Å². The molecular formula is C12H10N2. The molecule has 0 saturated carbocycles. The molecule has 0 amide bonds. The lowest BCUT2D eigenvalue weighted by Crippen LogP contribution is -1.93. The minimum Gasteiger partial charge on any atom is -0.320 e. The third-order valence-corrected chi connectivity index (χ3v) is 1.94. The molecule has 0 aliphatic heterocycles. The van der Waals surface area contributed by atoms with E-state index in [1.807, 2.05) is 30.3 Å². The van der Waals surface area contributed by atoms with Gasteiger partial charge < -0.3 is 5.73 Å². The molecule has 0 aliphatic rings. The summed E-state index contributed by atoms with van der Waals surface area (Å²) in [6.45, 7) is 0.389. The number of pyridine rings is 1. The average molecular weight is 182 g/mol. The maximum absolute atomic E-state index is 5.30. The molecule has 1 aromatic heterocycles. The van der Waals surface area contributed by atoms with Crippen molar-refractivity contribution in [2.75, 3.05) is 6.54 Å². The van der Waals surface area contributed by atoms with Gasteiger partial charge in [-0.1, -0.05) is 24.0 Å². The van der Waals surface area contributed by atoms with E-state index in [0.717, 1.165) is 16.5 Å². The number of hydrogen-bond donors (Lipinski definition) is 1. The summed E-state index contributed by atoms with van der Waals surface area (Å²) in [5.74, 6) is 5.80. The molecule has 2 heteroatoms. The predicted octanol–water partition coefficient (Wildman–Crippen LogP) is 1.54. The second kappa shape index (κ2) is 3.91. The van der Waals surface area contributed by atoms with E-state index in [2.05, 4.69) is 16.8 Å². The summed E-state index contributed by atoms with van der Waals surface area (Å²) in [5, 5.41) is 1.13. The maximum Gasteiger partial charge on any atom is 0.0714 e. The fraction of sp³-hybridized carbons (Fsp3) is 0.0833. The minimum atomic E-state index is 0.389. The molecule has 0 saturated heterocycles. The number of hydrogen-bond acceptors (Lipinski definition) is 2. The molecule has 0 fully saturated rings. The zero-order valence-corrected chi connectivity index (χ0v) is 7.70. The van der Waals surface area contributed by atoms with E-state index in [4.69, 9.17) is 5.73 Å². The van der Waals surface area contributed by atoms with Crippen LogP contribution in [0.2, 0.25) is 0 Å². The van der Waals surface area contributed by atoms with Gasteiger partial charge in [0.05, 0.1) is 12.1 Å². The highest BCUT2D eigenvalue weighted by Crippen LogP contribution is 2.11. The Morgan fingerprint density at radius 3 is 3.07 bits per heavy atom. The summed E-state index contributed by atoms with van der Waals surface area (Å²) >= 11 is 0. The monoisotopic (exact) mass is 182 g/mol. The highest BCUT2D eigenvalue weighted by atomic mass is 14.6. The van der Waals surface area contributed by atoms with Crippen molar-refractivity contribution in [1.29, 1.82) is 0 Å². The van der Waals surface area contributed by atoms with Gasteiger partial charge in [0.25, 0.3) is 0 Å². The molecule has 0 spiro atoms. The Morgan fingerprint density at radius 1 is 1.29 bits per heavy atom. The summed E-state index contributed by atoms with van der Waals surface area (Å²) in [6, 6.07) is 9.92. The van der Waals surface area contributed by atoms with Crippen LogP contribution in [0.15, 0.2) is 36.5 Å². The zero-order valence-electron chi connectivity index (χ0n) is 7.70. The van der Waals surface area contributed by atoms with Gasteiger partial charge in [-0.15, -0.1) is 0 Å². The van der Waals surface area contributed by atoms with Gasteiger partial charge in [0.15, 0.2) is 0 Å². The summed E-state index contributed by atoms with van der Waals surface area (Å²) in [7, 11) is 0. The first-order valence-electron chi connectivity index (χ1n) is 4.44. The van der Waals surface area contributed by atoms with Gasteiger partial charge >= 0.3 is 0 Å². The summed E-state index contributed by atoms with van der Waals surface area (Å²) in [6.07, 6.45) is 1.78. The molecule has 0 unspecified atom stereocenters. The van der Waals surface area contributed by atoms with Crippen molar-refractivity contribution >= 4 is 10.9 Å².